The van der Waals surface area contributed by atoms with E-state index < -0.39 is 18.1 Å². The van der Waals surface area contributed by atoms with Gasteiger partial charge in [-0.25, -0.2) is 9.59 Å². The third-order valence-corrected chi connectivity index (χ3v) is 4.17. The number of amides is 2. The summed E-state index contributed by atoms with van der Waals surface area (Å²) in [5, 5.41) is 18.8. The van der Waals surface area contributed by atoms with E-state index in [2.05, 4.69) is 6.92 Å². The van der Waals surface area contributed by atoms with Crippen molar-refractivity contribution in [3.63, 3.8) is 0 Å². The molecule has 0 aliphatic carbocycles. The maximum Gasteiger partial charge on any atom is 0.326 e. The van der Waals surface area contributed by atoms with Crippen LogP contribution in [0.15, 0.2) is 0 Å². The lowest BCUT2D eigenvalue weighted by atomic mass is 9.95. The maximum atomic E-state index is 12.5. The van der Waals surface area contributed by atoms with Crippen LogP contribution in [0.1, 0.15) is 33.1 Å². The van der Waals surface area contributed by atoms with Gasteiger partial charge in [-0.3, -0.25) is 0 Å². The van der Waals surface area contributed by atoms with Crippen molar-refractivity contribution < 1.29 is 19.8 Å². The molecule has 4 atom stereocenters. The third-order valence-electron chi connectivity index (χ3n) is 4.17. The van der Waals surface area contributed by atoms with Crippen molar-refractivity contribution in [2.75, 3.05) is 13.1 Å². The van der Waals surface area contributed by atoms with Crippen LogP contribution < -0.4 is 0 Å². The predicted molar refractivity (Wildman–Crippen MR) is 68.7 cm³/mol. The van der Waals surface area contributed by atoms with Crippen LogP contribution in [0.3, 0.4) is 0 Å². The zero-order chi connectivity index (χ0) is 14.2. The number of urea groups is 1. The fraction of sp³-hybridized carbons (Fsp3) is 0.846. The molecular formula is C13H22N2O4. The number of aliphatic hydroxyl groups is 1. The molecule has 2 saturated heterocycles. The van der Waals surface area contributed by atoms with Crippen molar-refractivity contribution in [2.24, 2.45) is 5.92 Å². The Hall–Kier alpha value is -1.30. The second-order valence-corrected chi connectivity index (χ2v) is 5.86. The second kappa shape index (κ2) is 5.36. The standard InChI is InChI=1S/C13H22N2O4/c1-8-3-4-9(2)14(6-8)13(19)15-7-10(16)5-11(15)12(17)18/h8-11,16H,3-7H2,1-2H3,(H,17,18)/t8?,9?,10-,11-/m0/s1. The first-order valence-electron chi connectivity index (χ1n) is 6.88. The molecule has 0 saturated carbocycles. The number of carbonyl (C=O) groups is 2. The molecule has 0 aromatic carbocycles. The third kappa shape index (κ3) is 2.83. The maximum absolute atomic E-state index is 12.5. The van der Waals surface area contributed by atoms with E-state index in [0.29, 0.717) is 12.5 Å². The van der Waals surface area contributed by atoms with Gasteiger partial charge in [-0.2, -0.15) is 0 Å². The van der Waals surface area contributed by atoms with E-state index in [4.69, 9.17) is 5.11 Å². The summed E-state index contributed by atoms with van der Waals surface area (Å²) in [6.45, 7) is 4.87. The number of carbonyl (C=O) groups excluding carboxylic acids is 1. The van der Waals surface area contributed by atoms with Crippen molar-refractivity contribution in [2.45, 2.75) is 51.3 Å². The topological polar surface area (TPSA) is 81.1 Å². The number of carboxylic acid groups (broad SMARTS) is 1. The highest BCUT2D eigenvalue weighted by molar-refractivity contribution is 5.83. The number of aliphatic hydroxyl groups excluding tert-OH is 1. The quantitative estimate of drug-likeness (QED) is 0.736. The summed E-state index contributed by atoms with van der Waals surface area (Å²) in [4.78, 5) is 26.7. The van der Waals surface area contributed by atoms with Gasteiger partial charge in [0.15, 0.2) is 0 Å². The van der Waals surface area contributed by atoms with Crippen molar-refractivity contribution in [1.29, 1.82) is 0 Å². The normalized spacial score (nSPS) is 35.5. The lowest BCUT2D eigenvalue weighted by molar-refractivity contribution is -0.141. The molecule has 108 valence electrons. The van der Waals surface area contributed by atoms with E-state index in [-0.39, 0.29) is 25.0 Å². The van der Waals surface area contributed by atoms with Gasteiger partial charge in [-0.1, -0.05) is 6.92 Å². The van der Waals surface area contributed by atoms with Gasteiger partial charge in [0.05, 0.1) is 6.10 Å². The minimum absolute atomic E-state index is 0.118. The minimum Gasteiger partial charge on any atom is -0.480 e. The molecule has 2 aliphatic heterocycles. The minimum atomic E-state index is -1.04. The first kappa shape index (κ1) is 14.1. The fourth-order valence-electron chi connectivity index (χ4n) is 2.98. The highest BCUT2D eigenvalue weighted by Gasteiger charge is 2.42. The molecule has 0 radical (unpaired) electrons. The van der Waals surface area contributed by atoms with Crippen LogP contribution in [-0.4, -0.2) is 63.3 Å². The molecule has 19 heavy (non-hydrogen) atoms. The molecule has 6 nitrogen and oxygen atoms in total. The van der Waals surface area contributed by atoms with E-state index in [0.717, 1.165) is 12.8 Å². The number of aliphatic carboxylic acids is 1. The van der Waals surface area contributed by atoms with E-state index in [1.165, 1.54) is 4.90 Å². The number of rotatable bonds is 1. The van der Waals surface area contributed by atoms with Gasteiger partial charge in [-0.05, 0) is 25.7 Å². The van der Waals surface area contributed by atoms with E-state index in [9.17, 15) is 14.7 Å². The molecule has 2 N–H and O–H groups in total. The summed E-state index contributed by atoms with van der Waals surface area (Å²) >= 11 is 0. The summed E-state index contributed by atoms with van der Waals surface area (Å²) in [7, 11) is 0. The SMILES string of the molecule is CC1CCC(C)N(C(=O)N2C[C@@H](O)C[C@H]2C(=O)O)C1. The number of hydrogen-bond acceptors (Lipinski definition) is 3. The summed E-state index contributed by atoms with van der Waals surface area (Å²) in [5.74, 6) is -0.599. The molecule has 0 aromatic heterocycles. The molecule has 2 heterocycles. The predicted octanol–water partition coefficient (Wildman–Crippen LogP) is 0.747. The molecular weight excluding hydrogens is 248 g/mol. The van der Waals surface area contributed by atoms with Crippen LogP contribution in [0, 0.1) is 5.92 Å². The van der Waals surface area contributed by atoms with Crippen LogP contribution in [0.5, 0.6) is 0 Å². The van der Waals surface area contributed by atoms with Gasteiger partial charge in [0, 0.05) is 25.6 Å². The Morgan fingerprint density at radius 3 is 2.42 bits per heavy atom. The fourth-order valence-corrected chi connectivity index (χ4v) is 2.98. The Labute approximate surface area is 113 Å². The van der Waals surface area contributed by atoms with Crippen molar-refractivity contribution in [1.82, 2.24) is 9.80 Å². The Balaban J connectivity index is 2.11. The lowest BCUT2D eigenvalue weighted by Crippen LogP contribution is -2.53. The van der Waals surface area contributed by atoms with Gasteiger partial charge in [-0.15, -0.1) is 0 Å². The van der Waals surface area contributed by atoms with E-state index >= 15 is 0 Å². The molecule has 2 aliphatic rings. The number of piperidine rings is 1. The lowest BCUT2D eigenvalue weighted by Gasteiger charge is -2.39. The molecule has 0 spiro atoms. The number of β-amino-alcohol motifs (C(OH)–C–C–N with tert-alkyl or cyclic N) is 1. The number of carboxylic acids is 1. The monoisotopic (exact) mass is 270 g/mol. The Kier molecular flexibility index (Phi) is 3.99. The van der Waals surface area contributed by atoms with E-state index in [1.54, 1.807) is 4.90 Å². The zero-order valence-electron chi connectivity index (χ0n) is 11.5. The van der Waals surface area contributed by atoms with Crippen LogP contribution in [0.4, 0.5) is 4.79 Å². The average molecular weight is 270 g/mol. The largest absolute Gasteiger partial charge is 0.480 e. The highest BCUT2D eigenvalue weighted by Crippen LogP contribution is 2.26. The van der Waals surface area contributed by atoms with Gasteiger partial charge >= 0.3 is 12.0 Å². The smallest absolute Gasteiger partial charge is 0.326 e. The molecule has 0 bridgehead atoms. The Morgan fingerprint density at radius 2 is 1.79 bits per heavy atom. The summed E-state index contributed by atoms with van der Waals surface area (Å²) in [5.41, 5.74) is 0. The molecule has 2 unspecified atom stereocenters. The summed E-state index contributed by atoms with van der Waals surface area (Å²) in [6.07, 6.45) is 1.43. The van der Waals surface area contributed by atoms with Crippen molar-refractivity contribution in [3.05, 3.63) is 0 Å². The summed E-state index contributed by atoms with van der Waals surface area (Å²) in [6, 6.07) is -1.01. The average Bonchev–Trinajstić information content (AvgIpc) is 2.74. The molecule has 0 aromatic rings. The van der Waals surface area contributed by atoms with Crippen LogP contribution >= 0.6 is 0 Å². The second-order valence-electron chi connectivity index (χ2n) is 5.86. The molecule has 6 heteroatoms. The molecule has 2 amide bonds. The Bertz CT molecular complexity index is 374. The summed E-state index contributed by atoms with van der Waals surface area (Å²) < 4.78 is 0. The van der Waals surface area contributed by atoms with Crippen LogP contribution in [0.25, 0.3) is 0 Å². The number of likely N-dealkylation sites (tertiary alicyclic amines) is 2. The van der Waals surface area contributed by atoms with Gasteiger partial charge in [0.2, 0.25) is 0 Å². The highest BCUT2D eigenvalue weighted by atomic mass is 16.4. The van der Waals surface area contributed by atoms with Crippen LogP contribution in [-0.2, 0) is 4.79 Å². The van der Waals surface area contributed by atoms with Gasteiger partial charge in [0.25, 0.3) is 0 Å². The van der Waals surface area contributed by atoms with Crippen molar-refractivity contribution >= 4 is 12.0 Å². The molecule has 2 rings (SSSR count). The molecule has 2 fully saturated rings. The Morgan fingerprint density at radius 1 is 1.11 bits per heavy atom. The first-order valence-corrected chi connectivity index (χ1v) is 6.88. The first-order chi connectivity index (χ1) is 8.90. The van der Waals surface area contributed by atoms with Crippen molar-refractivity contribution in [3.8, 4) is 0 Å². The number of hydrogen-bond donors (Lipinski definition) is 2. The van der Waals surface area contributed by atoms with Gasteiger partial charge in [0.1, 0.15) is 6.04 Å². The van der Waals surface area contributed by atoms with Crippen LogP contribution in [0.2, 0.25) is 0 Å². The number of nitrogens with zero attached hydrogens (tertiary/aromatic N) is 2. The zero-order valence-corrected chi connectivity index (χ0v) is 11.5. The van der Waals surface area contributed by atoms with Gasteiger partial charge < -0.3 is 20.0 Å². The van der Waals surface area contributed by atoms with E-state index in [1.807, 2.05) is 6.92 Å².